The van der Waals surface area contributed by atoms with Crippen LogP contribution in [0.25, 0.3) is 0 Å². The van der Waals surface area contributed by atoms with Crippen molar-refractivity contribution in [1.29, 1.82) is 0 Å². The molecule has 2 nitrogen and oxygen atoms in total. The Morgan fingerprint density at radius 1 is 1.17 bits per heavy atom. The predicted molar refractivity (Wildman–Crippen MR) is 53.5 cm³/mol. The van der Waals surface area contributed by atoms with E-state index in [1.807, 2.05) is 0 Å². The van der Waals surface area contributed by atoms with Crippen LogP contribution in [-0.4, -0.2) is 11.4 Å². The molecular weight excluding hydrogens is 241 g/mol. The smallest absolute Gasteiger partial charge is 0.253 e. The summed E-state index contributed by atoms with van der Waals surface area (Å²) in [5, 5.41) is -0.338. The van der Waals surface area contributed by atoms with Gasteiger partial charge < -0.3 is 0 Å². The summed E-state index contributed by atoms with van der Waals surface area (Å²) in [7, 11) is 0. The van der Waals surface area contributed by atoms with Crippen LogP contribution in [0.4, 0.5) is 0 Å². The van der Waals surface area contributed by atoms with Gasteiger partial charge in [-0.1, -0.05) is 6.42 Å². The molecule has 0 aliphatic rings. The van der Waals surface area contributed by atoms with E-state index in [-0.39, 0.29) is 5.24 Å². The van der Waals surface area contributed by atoms with E-state index in [0.29, 0.717) is 25.4 Å². The largest absolute Gasteiger partial charge is 0.289 e. The van der Waals surface area contributed by atoms with Gasteiger partial charge in [0.2, 0.25) is 5.24 Å². The number of hydrogen-bond donors (Lipinski definition) is 0. The van der Waals surface area contributed by atoms with Crippen molar-refractivity contribution in [1.82, 2.24) is 0 Å². The highest BCUT2D eigenvalue weighted by atomic mass is 35.9. The zero-order valence-corrected chi connectivity index (χ0v) is 9.60. The first-order valence-electron chi connectivity index (χ1n) is 3.58. The fourth-order valence-electron chi connectivity index (χ4n) is 0.737. The lowest BCUT2D eigenvalue weighted by Crippen LogP contribution is -1.87. The Morgan fingerprint density at radius 3 is 2.17 bits per heavy atom. The molecule has 0 amide bonds. The molecule has 6 heteroatoms. The Morgan fingerprint density at radius 2 is 1.75 bits per heavy atom. The van der Waals surface area contributed by atoms with Crippen LogP contribution in [0, 0.1) is 0 Å². The van der Waals surface area contributed by atoms with E-state index in [1.165, 1.54) is 0 Å². The number of halogens is 3. The summed E-state index contributed by atoms with van der Waals surface area (Å²) in [5.41, 5.74) is 0. The molecule has 0 saturated carbocycles. The maximum atomic E-state index is 10.7. The van der Waals surface area contributed by atoms with Gasteiger partial charge in [0, 0.05) is 12.6 Å². The summed E-state index contributed by atoms with van der Waals surface area (Å²) in [6.45, 7) is 0. The van der Waals surface area contributed by atoms with Gasteiger partial charge in [-0.3, -0.25) is 9.36 Å². The Hall–Kier alpha value is 0.770. The molecule has 0 fully saturated rings. The molecule has 0 bridgehead atoms. The molecule has 0 unspecified atom stereocenters. The second kappa shape index (κ2) is 6.26. The van der Waals surface area contributed by atoms with Crippen molar-refractivity contribution in [3.63, 3.8) is 0 Å². The van der Waals surface area contributed by atoms with Crippen molar-refractivity contribution in [2.45, 2.75) is 25.7 Å². The Balaban J connectivity index is 3.23. The van der Waals surface area contributed by atoms with Crippen LogP contribution in [0.15, 0.2) is 0 Å². The minimum Gasteiger partial charge on any atom is -0.289 e. The fourth-order valence-corrected chi connectivity index (χ4v) is 2.18. The van der Waals surface area contributed by atoms with E-state index in [4.69, 9.17) is 34.1 Å². The van der Waals surface area contributed by atoms with E-state index in [2.05, 4.69) is 0 Å². The Kier molecular flexibility index (Phi) is 6.66. The van der Waals surface area contributed by atoms with Gasteiger partial charge in [0.25, 0.3) is 5.85 Å². The Bertz CT molecular complexity index is 189. The predicted octanol–water partition coefficient (Wildman–Crippen LogP) is 3.98. The zero-order valence-electron chi connectivity index (χ0n) is 6.43. The molecule has 0 N–H and O–H groups in total. The monoisotopic (exact) mass is 250 g/mol. The molecule has 0 heterocycles. The molecule has 0 aromatic carbocycles. The molecule has 0 radical (unpaired) electrons. The SMILES string of the molecule is O=C(Cl)CCCCCP(=O)(Cl)Cl. The van der Waals surface area contributed by atoms with Crippen molar-refractivity contribution in [3.05, 3.63) is 0 Å². The van der Waals surface area contributed by atoms with Crippen LogP contribution in [0.5, 0.6) is 0 Å². The molecule has 0 aromatic rings. The van der Waals surface area contributed by atoms with Gasteiger partial charge >= 0.3 is 0 Å². The molecule has 0 spiro atoms. The van der Waals surface area contributed by atoms with Crippen molar-refractivity contribution in [3.8, 4) is 0 Å². The summed E-state index contributed by atoms with van der Waals surface area (Å²) >= 11 is 15.7. The van der Waals surface area contributed by atoms with Crippen molar-refractivity contribution < 1.29 is 9.36 Å². The summed E-state index contributed by atoms with van der Waals surface area (Å²) in [4.78, 5) is 10.3. The lowest BCUT2D eigenvalue weighted by Gasteiger charge is -2.00. The normalized spacial score (nSPS) is 11.6. The van der Waals surface area contributed by atoms with E-state index in [0.717, 1.165) is 6.42 Å². The van der Waals surface area contributed by atoms with Crippen molar-refractivity contribution >= 4 is 45.2 Å². The second-order valence-corrected chi connectivity index (χ2v) is 8.26. The second-order valence-electron chi connectivity index (χ2n) is 2.46. The molecule has 0 atom stereocenters. The third-order valence-electron chi connectivity index (χ3n) is 1.29. The summed E-state index contributed by atoms with van der Waals surface area (Å²) in [6, 6.07) is 0. The lowest BCUT2D eigenvalue weighted by atomic mass is 10.2. The molecule has 0 aliphatic carbocycles. The van der Waals surface area contributed by atoms with Gasteiger partial charge in [-0.15, -0.1) is 0 Å². The number of carbonyl (C=O) groups is 1. The number of hydrogen-bond acceptors (Lipinski definition) is 2. The van der Waals surface area contributed by atoms with E-state index in [1.54, 1.807) is 0 Å². The molecule has 12 heavy (non-hydrogen) atoms. The van der Waals surface area contributed by atoms with Crippen LogP contribution < -0.4 is 0 Å². The number of carbonyl (C=O) groups excluding carboxylic acids is 1. The lowest BCUT2D eigenvalue weighted by molar-refractivity contribution is -0.111. The van der Waals surface area contributed by atoms with Crippen LogP contribution >= 0.6 is 39.9 Å². The molecule has 0 saturated heterocycles. The van der Waals surface area contributed by atoms with Gasteiger partial charge in [0.15, 0.2) is 0 Å². The summed E-state index contributed by atoms with van der Waals surface area (Å²) in [6.07, 6.45) is 2.83. The molecule has 72 valence electrons. The summed E-state index contributed by atoms with van der Waals surface area (Å²) < 4.78 is 10.7. The van der Waals surface area contributed by atoms with Crippen LogP contribution in [0.2, 0.25) is 0 Å². The Labute approximate surface area is 86.5 Å². The molecular formula is C6H10Cl3O2P. The zero-order chi connectivity index (χ0) is 9.61. The van der Waals surface area contributed by atoms with Gasteiger partial charge in [-0.2, -0.15) is 0 Å². The molecule has 0 rings (SSSR count). The first-order valence-corrected chi connectivity index (χ1v) is 7.66. The summed E-state index contributed by atoms with van der Waals surface area (Å²) in [5.74, 6) is -2.90. The van der Waals surface area contributed by atoms with Crippen LogP contribution in [-0.2, 0) is 9.36 Å². The molecule has 0 aromatic heterocycles. The first kappa shape index (κ1) is 12.8. The fraction of sp³-hybridized carbons (Fsp3) is 0.833. The number of rotatable bonds is 6. The molecule has 0 aliphatic heterocycles. The topological polar surface area (TPSA) is 34.1 Å². The van der Waals surface area contributed by atoms with Gasteiger partial charge in [0.05, 0.1) is 0 Å². The van der Waals surface area contributed by atoms with Gasteiger partial charge in [-0.25, -0.2) is 0 Å². The first-order chi connectivity index (χ1) is 5.42. The maximum absolute atomic E-state index is 10.7. The highest BCUT2D eigenvalue weighted by molar-refractivity contribution is 8.08. The average Bonchev–Trinajstić information content (AvgIpc) is 1.83. The van der Waals surface area contributed by atoms with E-state index in [9.17, 15) is 9.36 Å². The van der Waals surface area contributed by atoms with Gasteiger partial charge in [-0.05, 0) is 46.9 Å². The highest BCUT2D eigenvalue weighted by Gasteiger charge is 2.11. The van der Waals surface area contributed by atoms with E-state index < -0.39 is 5.85 Å². The highest BCUT2D eigenvalue weighted by Crippen LogP contribution is 2.57. The minimum atomic E-state index is -2.90. The van der Waals surface area contributed by atoms with Crippen molar-refractivity contribution in [2.24, 2.45) is 0 Å². The number of unbranched alkanes of at least 4 members (excludes halogenated alkanes) is 2. The minimum absolute atomic E-state index is 0.312. The van der Waals surface area contributed by atoms with Crippen LogP contribution in [0.3, 0.4) is 0 Å². The standard InChI is InChI=1S/C6H10Cl3O2P/c7-6(10)4-2-1-3-5-12(8,9)11/h1-5H2. The van der Waals surface area contributed by atoms with Crippen LogP contribution in [0.1, 0.15) is 25.7 Å². The third kappa shape index (κ3) is 10.8. The van der Waals surface area contributed by atoms with E-state index >= 15 is 0 Å². The average molecular weight is 251 g/mol. The third-order valence-corrected chi connectivity index (χ3v) is 3.33. The quantitative estimate of drug-likeness (QED) is 0.406. The van der Waals surface area contributed by atoms with Crippen molar-refractivity contribution in [2.75, 3.05) is 6.16 Å². The maximum Gasteiger partial charge on any atom is 0.253 e. The van der Waals surface area contributed by atoms with Gasteiger partial charge in [0.1, 0.15) is 0 Å².